The van der Waals surface area contributed by atoms with E-state index in [1.54, 1.807) is 0 Å². The summed E-state index contributed by atoms with van der Waals surface area (Å²) >= 11 is 0. The normalized spacial score (nSPS) is 37.9. The minimum absolute atomic E-state index is 0.476. The van der Waals surface area contributed by atoms with E-state index in [0.29, 0.717) is 6.04 Å². The summed E-state index contributed by atoms with van der Waals surface area (Å²) in [6, 6.07) is 0.476. The van der Waals surface area contributed by atoms with Crippen LogP contribution in [0.1, 0.15) is 0 Å². The van der Waals surface area contributed by atoms with Gasteiger partial charge >= 0.3 is 0 Å². The molecule has 1 heterocycles. The van der Waals surface area contributed by atoms with E-state index in [-0.39, 0.29) is 0 Å². The number of hydrogen-bond acceptors (Lipinski definition) is 3. The first-order valence-corrected chi connectivity index (χ1v) is 4.88. The Kier molecular flexibility index (Phi) is 2.26. The lowest BCUT2D eigenvalue weighted by Crippen LogP contribution is -2.38. The summed E-state index contributed by atoms with van der Waals surface area (Å²) in [5, 5.41) is 3.13. The van der Waals surface area contributed by atoms with Gasteiger partial charge in [-0.15, -0.1) is 0 Å². The molecule has 0 bridgehead atoms. The minimum Gasteiger partial charge on any atom is -0.359 e. The van der Waals surface area contributed by atoms with Gasteiger partial charge in [0.2, 0.25) is 0 Å². The Hall–Kier alpha value is -0.610. The van der Waals surface area contributed by atoms with E-state index in [2.05, 4.69) is 15.2 Å². The number of nitrogens with two attached hydrogens (primary N) is 1. The van der Waals surface area contributed by atoms with Gasteiger partial charge in [-0.1, -0.05) is 0 Å². The fourth-order valence-corrected chi connectivity index (χ4v) is 2.27. The van der Waals surface area contributed by atoms with Crippen LogP contribution in [0.4, 0.5) is 0 Å². The highest BCUT2D eigenvalue weighted by atomic mass is 15.3. The first kappa shape index (κ1) is 8.97. The molecule has 2 aliphatic rings. The van der Waals surface area contributed by atoms with Crippen molar-refractivity contribution in [2.45, 2.75) is 6.04 Å². The second kappa shape index (κ2) is 3.27. The average Bonchev–Trinajstić information content (AvgIpc) is 2.63. The van der Waals surface area contributed by atoms with Gasteiger partial charge in [-0.25, -0.2) is 0 Å². The summed E-state index contributed by atoms with van der Waals surface area (Å²) in [6.45, 7) is 3.09. The molecule has 2 unspecified atom stereocenters. The molecule has 0 aromatic carbocycles. The van der Waals surface area contributed by atoms with E-state index >= 15 is 0 Å². The number of aliphatic imine (C=N–C) groups is 1. The van der Waals surface area contributed by atoms with Crippen LogP contribution < -0.4 is 11.1 Å². The van der Waals surface area contributed by atoms with Crippen LogP contribution in [-0.4, -0.2) is 50.5 Å². The summed E-state index contributed by atoms with van der Waals surface area (Å²) in [5.74, 6) is 2.66. The summed E-state index contributed by atoms with van der Waals surface area (Å²) in [7, 11) is 3.81. The molecule has 13 heavy (non-hydrogen) atoms. The zero-order valence-corrected chi connectivity index (χ0v) is 8.33. The average molecular weight is 182 g/mol. The number of likely N-dealkylation sites (N-methyl/N-ethyl adjacent to an activating group) is 1. The van der Waals surface area contributed by atoms with Crippen molar-refractivity contribution in [2.24, 2.45) is 22.6 Å². The summed E-state index contributed by atoms with van der Waals surface area (Å²) in [4.78, 5) is 6.64. The molecule has 74 valence electrons. The predicted molar refractivity (Wildman–Crippen MR) is 53.8 cm³/mol. The van der Waals surface area contributed by atoms with Crippen molar-refractivity contribution in [1.29, 1.82) is 0 Å². The van der Waals surface area contributed by atoms with Gasteiger partial charge in [0.1, 0.15) is 5.84 Å². The second-order valence-corrected chi connectivity index (χ2v) is 3.98. The lowest BCUT2D eigenvalue weighted by molar-refractivity contribution is 0.437. The molecule has 1 aliphatic heterocycles. The third-order valence-electron chi connectivity index (χ3n) is 3.22. The number of likely N-dealkylation sites (tertiary alicyclic amines) is 1. The number of piperidine rings is 1. The number of rotatable bonds is 2. The van der Waals surface area contributed by atoms with Crippen molar-refractivity contribution in [2.75, 3.05) is 33.7 Å². The number of hydrogen-bond donors (Lipinski definition) is 2. The lowest BCUT2D eigenvalue weighted by Gasteiger charge is -2.22. The Balaban J connectivity index is 1.89. The quantitative estimate of drug-likeness (QED) is 0.431. The maximum absolute atomic E-state index is 5.87. The molecule has 1 aliphatic carbocycles. The predicted octanol–water partition coefficient (Wildman–Crippen LogP) is -0.877. The summed E-state index contributed by atoms with van der Waals surface area (Å²) in [5.41, 5.74) is 5.87. The molecule has 2 rings (SSSR count). The number of nitrogens with one attached hydrogen (secondary N) is 1. The maximum atomic E-state index is 5.87. The highest BCUT2D eigenvalue weighted by Crippen LogP contribution is 2.43. The van der Waals surface area contributed by atoms with E-state index in [4.69, 9.17) is 5.73 Å². The van der Waals surface area contributed by atoms with Gasteiger partial charge in [0, 0.05) is 26.2 Å². The van der Waals surface area contributed by atoms with E-state index in [1.807, 2.05) is 14.1 Å². The lowest BCUT2D eigenvalue weighted by atomic mass is 10.3. The molecule has 1 saturated carbocycles. The number of amidine groups is 1. The Morgan fingerprint density at radius 2 is 2.15 bits per heavy atom. The Labute approximate surface area is 79.2 Å². The Morgan fingerprint density at radius 3 is 2.62 bits per heavy atom. The molecule has 0 aromatic rings. The van der Waals surface area contributed by atoms with Gasteiger partial charge in [0.15, 0.2) is 0 Å². The molecular formula is C9H18N4. The van der Waals surface area contributed by atoms with Crippen LogP contribution in [0.5, 0.6) is 0 Å². The third-order valence-corrected chi connectivity index (χ3v) is 3.22. The molecule has 2 fully saturated rings. The van der Waals surface area contributed by atoms with Crippen LogP contribution >= 0.6 is 0 Å². The molecule has 0 aromatic heterocycles. The molecule has 0 radical (unpaired) electrons. The number of fused-ring (bicyclic) bond motifs is 1. The molecular weight excluding hydrogens is 164 g/mol. The second-order valence-electron chi connectivity index (χ2n) is 3.98. The van der Waals surface area contributed by atoms with E-state index in [9.17, 15) is 0 Å². The zero-order valence-electron chi connectivity index (χ0n) is 8.33. The summed E-state index contributed by atoms with van der Waals surface area (Å²) < 4.78 is 0. The molecule has 2 atom stereocenters. The molecule has 0 spiro atoms. The van der Waals surface area contributed by atoms with E-state index in [0.717, 1.165) is 31.5 Å². The SMILES string of the molecule is CN=C(CNC)N1CC2C(N)C2C1. The van der Waals surface area contributed by atoms with Crippen LogP contribution in [0.15, 0.2) is 4.99 Å². The van der Waals surface area contributed by atoms with Crippen LogP contribution in [0, 0.1) is 11.8 Å². The molecule has 0 amide bonds. The largest absolute Gasteiger partial charge is 0.359 e. The molecule has 1 saturated heterocycles. The maximum Gasteiger partial charge on any atom is 0.113 e. The van der Waals surface area contributed by atoms with Gasteiger partial charge in [-0.05, 0) is 18.9 Å². The van der Waals surface area contributed by atoms with Crippen molar-refractivity contribution in [3.63, 3.8) is 0 Å². The monoisotopic (exact) mass is 182 g/mol. The zero-order chi connectivity index (χ0) is 9.42. The van der Waals surface area contributed by atoms with E-state index < -0.39 is 0 Å². The van der Waals surface area contributed by atoms with Gasteiger partial charge in [-0.2, -0.15) is 0 Å². The van der Waals surface area contributed by atoms with Crippen molar-refractivity contribution in [1.82, 2.24) is 10.2 Å². The smallest absolute Gasteiger partial charge is 0.113 e. The van der Waals surface area contributed by atoms with Gasteiger partial charge < -0.3 is 16.0 Å². The minimum atomic E-state index is 0.476. The van der Waals surface area contributed by atoms with Crippen molar-refractivity contribution in [3.8, 4) is 0 Å². The standard InChI is InChI=1S/C9H18N4/c1-11-3-8(12-2)13-4-6-7(5-13)9(6)10/h6-7,9,11H,3-5,10H2,1-2H3. The van der Waals surface area contributed by atoms with Crippen LogP contribution in [0.2, 0.25) is 0 Å². The number of nitrogens with zero attached hydrogens (tertiary/aromatic N) is 2. The first-order chi connectivity index (χ1) is 6.27. The Bertz CT molecular complexity index is 214. The third kappa shape index (κ3) is 1.44. The fourth-order valence-electron chi connectivity index (χ4n) is 2.27. The molecule has 4 heteroatoms. The Morgan fingerprint density at radius 1 is 1.54 bits per heavy atom. The van der Waals surface area contributed by atoms with Crippen molar-refractivity contribution >= 4 is 5.84 Å². The van der Waals surface area contributed by atoms with Crippen molar-refractivity contribution < 1.29 is 0 Å². The van der Waals surface area contributed by atoms with Gasteiger partial charge in [-0.3, -0.25) is 4.99 Å². The van der Waals surface area contributed by atoms with Gasteiger partial charge in [0.25, 0.3) is 0 Å². The topological polar surface area (TPSA) is 53.7 Å². The van der Waals surface area contributed by atoms with Gasteiger partial charge in [0.05, 0.1) is 6.54 Å². The van der Waals surface area contributed by atoms with Crippen LogP contribution in [0.3, 0.4) is 0 Å². The first-order valence-electron chi connectivity index (χ1n) is 4.88. The van der Waals surface area contributed by atoms with Crippen LogP contribution in [-0.2, 0) is 0 Å². The highest BCUT2D eigenvalue weighted by molar-refractivity contribution is 5.84. The van der Waals surface area contributed by atoms with E-state index in [1.165, 1.54) is 5.84 Å². The molecule has 4 nitrogen and oxygen atoms in total. The van der Waals surface area contributed by atoms with Crippen LogP contribution in [0.25, 0.3) is 0 Å². The van der Waals surface area contributed by atoms with Crippen molar-refractivity contribution in [3.05, 3.63) is 0 Å². The highest BCUT2D eigenvalue weighted by Gasteiger charge is 2.53. The molecule has 3 N–H and O–H groups in total. The summed E-state index contributed by atoms with van der Waals surface area (Å²) in [6.07, 6.45) is 0. The fraction of sp³-hybridized carbons (Fsp3) is 0.889.